The molecule has 0 bridgehead atoms. The summed E-state index contributed by atoms with van der Waals surface area (Å²) in [5.41, 5.74) is 2.48. The molecule has 0 amide bonds. The second kappa shape index (κ2) is 7.60. The lowest BCUT2D eigenvalue weighted by atomic mass is 10.0. The molecule has 1 nitrogen and oxygen atoms in total. The van der Waals surface area contributed by atoms with Gasteiger partial charge >= 0.3 is 0 Å². The fourth-order valence-corrected chi connectivity index (χ4v) is 4.08. The monoisotopic (exact) mass is 371 g/mol. The lowest BCUT2D eigenvalue weighted by molar-refractivity contribution is 0.532. The van der Waals surface area contributed by atoms with Gasteiger partial charge in [-0.15, -0.1) is 11.3 Å². The Kier molecular flexibility index (Phi) is 6.09. The Morgan fingerprint density at radius 3 is 2.70 bits per heavy atom. The van der Waals surface area contributed by atoms with E-state index in [1.54, 1.807) is 11.3 Å². The van der Waals surface area contributed by atoms with E-state index < -0.39 is 0 Å². The second-order valence-electron chi connectivity index (χ2n) is 4.98. The van der Waals surface area contributed by atoms with Crippen LogP contribution in [0.25, 0.3) is 0 Å². The zero-order valence-corrected chi connectivity index (χ0v) is 14.9. The van der Waals surface area contributed by atoms with Gasteiger partial charge in [-0.05, 0) is 71.2 Å². The van der Waals surface area contributed by atoms with Gasteiger partial charge in [0.1, 0.15) is 0 Å². The van der Waals surface area contributed by atoms with Gasteiger partial charge in [-0.25, -0.2) is 0 Å². The van der Waals surface area contributed by atoms with E-state index in [0.717, 1.165) is 24.4 Å². The van der Waals surface area contributed by atoms with E-state index in [1.165, 1.54) is 19.8 Å². The van der Waals surface area contributed by atoms with E-state index >= 15 is 0 Å². The summed E-state index contributed by atoms with van der Waals surface area (Å²) in [6, 6.07) is 10.9. The van der Waals surface area contributed by atoms with Gasteiger partial charge in [0.25, 0.3) is 0 Å². The lowest BCUT2D eigenvalue weighted by Crippen LogP contribution is -2.23. The van der Waals surface area contributed by atoms with Crippen molar-refractivity contribution in [1.29, 1.82) is 0 Å². The molecule has 0 fully saturated rings. The van der Waals surface area contributed by atoms with Crippen molar-refractivity contribution in [3.05, 3.63) is 55.1 Å². The summed E-state index contributed by atoms with van der Waals surface area (Å²) in [6.07, 6.45) is 2.13. The molecule has 0 radical (unpaired) electrons. The summed E-state index contributed by atoms with van der Waals surface area (Å²) in [6.45, 7) is 5.30. The van der Waals surface area contributed by atoms with Crippen molar-refractivity contribution in [3.8, 4) is 0 Å². The summed E-state index contributed by atoms with van der Waals surface area (Å²) in [4.78, 5) is 1.38. The van der Waals surface area contributed by atoms with Crippen molar-refractivity contribution in [1.82, 2.24) is 5.32 Å². The third-order valence-corrected chi connectivity index (χ3v) is 5.01. The van der Waals surface area contributed by atoms with Gasteiger partial charge in [-0.2, -0.15) is 0 Å². The number of thiophene rings is 1. The molecular formula is C16H19BrClNS. The van der Waals surface area contributed by atoms with Crippen LogP contribution in [-0.4, -0.2) is 6.54 Å². The van der Waals surface area contributed by atoms with E-state index in [9.17, 15) is 0 Å². The van der Waals surface area contributed by atoms with Crippen molar-refractivity contribution >= 4 is 38.9 Å². The Balaban J connectivity index is 2.21. The molecule has 0 spiro atoms. The summed E-state index contributed by atoms with van der Waals surface area (Å²) in [5.74, 6) is 0. The first kappa shape index (κ1) is 16.0. The molecule has 1 heterocycles. The minimum absolute atomic E-state index is 0.317. The fraction of sp³-hybridized carbons (Fsp3) is 0.375. The van der Waals surface area contributed by atoms with E-state index in [1.807, 2.05) is 6.07 Å². The average Bonchev–Trinajstić information content (AvgIpc) is 2.79. The molecule has 1 unspecified atom stereocenters. The molecule has 2 aromatic rings. The largest absolute Gasteiger partial charge is 0.310 e. The van der Waals surface area contributed by atoms with Crippen LogP contribution < -0.4 is 5.32 Å². The van der Waals surface area contributed by atoms with Gasteiger partial charge < -0.3 is 5.32 Å². The van der Waals surface area contributed by atoms with Gasteiger partial charge in [0, 0.05) is 22.4 Å². The zero-order valence-electron chi connectivity index (χ0n) is 11.7. The summed E-state index contributed by atoms with van der Waals surface area (Å²) in [7, 11) is 0. The highest BCUT2D eigenvalue weighted by atomic mass is 79.9. The quantitative estimate of drug-likeness (QED) is 0.680. The topological polar surface area (TPSA) is 12.0 Å². The number of hydrogen-bond donors (Lipinski definition) is 1. The van der Waals surface area contributed by atoms with Crippen LogP contribution in [0.3, 0.4) is 0 Å². The van der Waals surface area contributed by atoms with Crippen LogP contribution in [0, 0.1) is 6.92 Å². The van der Waals surface area contributed by atoms with Gasteiger partial charge in [0.15, 0.2) is 0 Å². The van der Waals surface area contributed by atoms with Crippen LogP contribution >= 0.6 is 38.9 Å². The van der Waals surface area contributed by atoms with Gasteiger partial charge in [-0.1, -0.05) is 24.6 Å². The number of nitrogens with one attached hydrogen (secondary N) is 1. The standard InChI is InChI=1S/C16H19BrClNS/c1-3-6-19-15(10-14-4-5-16(17)20-14)12-7-11(2)8-13(18)9-12/h4-5,7-9,15,19H,3,6,10H2,1-2H3. The number of hydrogen-bond acceptors (Lipinski definition) is 2. The van der Waals surface area contributed by atoms with Crippen LogP contribution in [0.2, 0.25) is 5.02 Å². The molecule has 1 atom stereocenters. The van der Waals surface area contributed by atoms with Crippen molar-refractivity contribution < 1.29 is 0 Å². The van der Waals surface area contributed by atoms with E-state index in [4.69, 9.17) is 11.6 Å². The summed E-state index contributed by atoms with van der Waals surface area (Å²) in [5, 5.41) is 4.45. The molecule has 0 saturated heterocycles. The van der Waals surface area contributed by atoms with Crippen LogP contribution in [0.4, 0.5) is 0 Å². The molecule has 1 aromatic heterocycles. The molecule has 20 heavy (non-hydrogen) atoms. The molecule has 108 valence electrons. The third-order valence-electron chi connectivity index (χ3n) is 3.14. The number of aryl methyl sites for hydroxylation is 1. The molecule has 0 aliphatic carbocycles. The number of halogens is 2. The first-order chi connectivity index (χ1) is 9.58. The van der Waals surface area contributed by atoms with Gasteiger partial charge in [-0.3, -0.25) is 0 Å². The molecule has 0 aliphatic rings. The Hall–Kier alpha value is -0.350. The highest BCUT2D eigenvalue weighted by Gasteiger charge is 2.14. The average molecular weight is 373 g/mol. The minimum atomic E-state index is 0.317. The summed E-state index contributed by atoms with van der Waals surface area (Å²) < 4.78 is 1.18. The van der Waals surface area contributed by atoms with Crippen LogP contribution in [-0.2, 0) is 6.42 Å². The Morgan fingerprint density at radius 1 is 1.30 bits per heavy atom. The van der Waals surface area contributed by atoms with E-state index in [-0.39, 0.29) is 0 Å². The molecule has 1 aromatic carbocycles. The Bertz CT molecular complexity index is 547. The zero-order chi connectivity index (χ0) is 14.5. The number of rotatable bonds is 6. The number of benzene rings is 1. The minimum Gasteiger partial charge on any atom is -0.310 e. The maximum atomic E-state index is 6.20. The molecule has 1 N–H and O–H groups in total. The molecule has 2 rings (SSSR count). The fourth-order valence-electron chi connectivity index (χ4n) is 2.25. The van der Waals surface area contributed by atoms with Crippen molar-refractivity contribution in [3.63, 3.8) is 0 Å². The highest BCUT2D eigenvalue weighted by Crippen LogP contribution is 2.28. The molecule has 4 heteroatoms. The molecule has 0 saturated carbocycles. The maximum Gasteiger partial charge on any atom is 0.0701 e. The van der Waals surface area contributed by atoms with Crippen LogP contribution in [0.5, 0.6) is 0 Å². The predicted octanol–water partition coefficient (Wildman–Crippen LogP) is 5.76. The van der Waals surface area contributed by atoms with Crippen LogP contribution in [0.15, 0.2) is 34.1 Å². The first-order valence-electron chi connectivity index (χ1n) is 6.83. The molecule has 0 aliphatic heterocycles. The predicted molar refractivity (Wildman–Crippen MR) is 92.9 cm³/mol. The first-order valence-corrected chi connectivity index (χ1v) is 8.82. The normalized spacial score (nSPS) is 12.6. The second-order valence-corrected chi connectivity index (χ2v) is 7.96. The van der Waals surface area contributed by atoms with Crippen molar-refractivity contribution in [2.75, 3.05) is 6.54 Å². The Morgan fingerprint density at radius 2 is 2.10 bits per heavy atom. The van der Waals surface area contributed by atoms with Gasteiger partial charge in [0.05, 0.1) is 3.79 Å². The van der Waals surface area contributed by atoms with E-state index in [2.05, 4.69) is 59.4 Å². The SMILES string of the molecule is CCCNC(Cc1ccc(Br)s1)c1cc(C)cc(Cl)c1. The maximum absolute atomic E-state index is 6.20. The lowest BCUT2D eigenvalue weighted by Gasteiger charge is -2.19. The third kappa shape index (κ3) is 4.59. The van der Waals surface area contributed by atoms with Crippen molar-refractivity contribution in [2.24, 2.45) is 0 Å². The summed E-state index contributed by atoms with van der Waals surface area (Å²) >= 11 is 11.5. The van der Waals surface area contributed by atoms with Crippen LogP contribution in [0.1, 0.15) is 35.4 Å². The Labute approximate surface area is 138 Å². The van der Waals surface area contributed by atoms with E-state index in [0.29, 0.717) is 6.04 Å². The van der Waals surface area contributed by atoms with Gasteiger partial charge in [0.2, 0.25) is 0 Å². The smallest absolute Gasteiger partial charge is 0.0701 e. The molecular weight excluding hydrogens is 354 g/mol. The van der Waals surface area contributed by atoms with Crippen molar-refractivity contribution in [2.45, 2.75) is 32.7 Å². The highest BCUT2D eigenvalue weighted by molar-refractivity contribution is 9.11.